The van der Waals surface area contributed by atoms with E-state index in [-0.39, 0.29) is 0 Å². The van der Waals surface area contributed by atoms with Crippen molar-refractivity contribution in [1.29, 1.82) is 0 Å². The number of aromatic nitrogens is 2. The van der Waals surface area contributed by atoms with Crippen molar-refractivity contribution in [3.63, 3.8) is 0 Å². The van der Waals surface area contributed by atoms with Crippen molar-refractivity contribution in [3.8, 4) is 28.2 Å². The third-order valence-electron chi connectivity index (χ3n) is 9.36. The maximum atomic E-state index is 5.49. The van der Waals surface area contributed by atoms with Gasteiger partial charge in [-0.1, -0.05) is 133 Å². The second kappa shape index (κ2) is 9.87. The molecule has 0 aliphatic heterocycles. The molecular formula is C43H26N2S. The molecule has 2 heterocycles. The first-order valence-corrected chi connectivity index (χ1v) is 16.5. The van der Waals surface area contributed by atoms with Crippen molar-refractivity contribution in [1.82, 2.24) is 9.55 Å². The number of rotatable bonds is 3. The van der Waals surface area contributed by atoms with Gasteiger partial charge in [0.05, 0.1) is 11.0 Å². The van der Waals surface area contributed by atoms with Crippen molar-refractivity contribution in [2.75, 3.05) is 0 Å². The number of hydrogen-bond acceptors (Lipinski definition) is 2. The number of hydrogen-bond donors (Lipinski definition) is 0. The Balaban J connectivity index is 1.31. The van der Waals surface area contributed by atoms with Gasteiger partial charge in [0.25, 0.3) is 0 Å². The lowest BCUT2D eigenvalue weighted by Gasteiger charge is -2.14. The lowest BCUT2D eigenvalue weighted by Crippen LogP contribution is -1.99. The maximum Gasteiger partial charge on any atom is 0.145 e. The van der Waals surface area contributed by atoms with Crippen molar-refractivity contribution in [2.45, 2.75) is 0 Å². The van der Waals surface area contributed by atoms with Gasteiger partial charge in [-0.05, 0) is 56.9 Å². The molecule has 10 aromatic rings. The van der Waals surface area contributed by atoms with Crippen LogP contribution in [0.15, 0.2) is 158 Å². The minimum Gasteiger partial charge on any atom is -0.292 e. The normalized spacial score (nSPS) is 11.9. The summed E-state index contributed by atoms with van der Waals surface area (Å²) in [5.41, 5.74) is 6.81. The Kier molecular flexibility index (Phi) is 5.48. The first-order chi connectivity index (χ1) is 22.8. The zero-order valence-electron chi connectivity index (χ0n) is 24.8. The molecule has 0 spiro atoms. The standard InChI is InChI=1S/C43H26N2S/c1-2-12-28-25-30(24-23-27(28)11-1)43-44-40-36-18-5-3-15-33(36)34-16-4-6-19-37(34)41(40)45(43)31-14-9-13-29(26-31)32-20-10-21-38-35-17-7-8-22-39(35)46-42(32)38/h1-26H. The topological polar surface area (TPSA) is 17.8 Å². The van der Waals surface area contributed by atoms with Crippen LogP contribution in [0.4, 0.5) is 0 Å². The molecular weight excluding hydrogens is 577 g/mol. The zero-order valence-corrected chi connectivity index (χ0v) is 25.6. The molecule has 214 valence electrons. The van der Waals surface area contributed by atoms with Crippen molar-refractivity contribution in [2.24, 2.45) is 0 Å². The van der Waals surface area contributed by atoms with E-state index in [1.165, 1.54) is 63.6 Å². The molecule has 0 amide bonds. The highest BCUT2D eigenvalue weighted by molar-refractivity contribution is 7.26. The molecule has 0 bridgehead atoms. The van der Waals surface area contributed by atoms with Crippen LogP contribution in [0, 0.1) is 0 Å². The SMILES string of the molecule is c1cc(-c2cccc3c2sc2ccccc23)cc(-n2c(-c3ccc4ccccc4c3)nc3c4ccccc4c4ccccc4c32)c1. The molecule has 0 saturated heterocycles. The molecule has 3 heteroatoms. The highest BCUT2D eigenvalue weighted by atomic mass is 32.1. The van der Waals surface area contributed by atoms with Gasteiger partial charge in [0, 0.05) is 42.2 Å². The summed E-state index contributed by atoms with van der Waals surface area (Å²) in [7, 11) is 0. The highest BCUT2D eigenvalue weighted by Gasteiger charge is 2.21. The summed E-state index contributed by atoms with van der Waals surface area (Å²) in [6.07, 6.45) is 0. The summed E-state index contributed by atoms with van der Waals surface area (Å²) in [6, 6.07) is 57.1. The van der Waals surface area contributed by atoms with Gasteiger partial charge in [-0.25, -0.2) is 4.98 Å². The fraction of sp³-hybridized carbons (Fsp3) is 0. The molecule has 8 aromatic carbocycles. The van der Waals surface area contributed by atoms with E-state index in [1.807, 2.05) is 11.3 Å². The molecule has 0 aliphatic rings. The predicted octanol–water partition coefficient (Wildman–Crippen LogP) is 12.2. The highest BCUT2D eigenvalue weighted by Crippen LogP contribution is 2.42. The Bertz CT molecular complexity index is 2820. The molecule has 0 aliphatic carbocycles. The molecule has 10 rings (SSSR count). The Morgan fingerprint density at radius 3 is 2.00 bits per heavy atom. The summed E-state index contributed by atoms with van der Waals surface area (Å²) < 4.78 is 5.03. The molecule has 0 fully saturated rings. The summed E-state index contributed by atoms with van der Waals surface area (Å²) in [6.45, 7) is 0. The van der Waals surface area contributed by atoms with Crippen LogP contribution in [-0.4, -0.2) is 9.55 Å². The van der Waals surface area contributed by atoms with Crippen LogP contribution in [-0.2, 0) is 0 Å². The molecule has 0 atom stereocenters. The maximum absolute atomic E-state index is 5.49. The fourth-order valence-corrected chi connectivity index (χ4v) is 8.50. The van der Waals surface area contributed by atoms with Crippen molar-refractivity contribution in [3.05, 3.63) is 158 Å². The zero-order chi connectivity index (χ0) is 30.2. The van der Waals surface area contributed by atoms with E-state index in [4.69, 9.17) is 4.98 Å². The van der Waals surface area contributed by atoms with Gasteiger partial charge in [-0.3, -0.25) is 4.57 Å². The smallest absolute Gasteiger partial charge is 0.145 e. The van der Waals surface area contributed by atoms with Gasteiger partial charge < -0.3 is 0 Å². The Morgan fingerprint density at radius 2 is 1.13 bits per heavy atom. The van der Waals surface area contributed by atoms with Crippen LogP contribution >= 0.6 is 11.3 Å². The monoisotopic (exact) mass is 602 g/mol. The number of imidazole rings is 1. The summed E-state index contributed by atoms with van der Waals surface area (Å²) in [4.78, 5) is 5.49. The van der Waals surface area contributed by atoms with E-state index in [0.717, 1.165) is 28.1 Å². The number of benzene rings is 8. The molecule has 0 unspecified atom stereocenters. The Morgan fingerprint density at radius 1 is 0.457 bits per heavy atom. The third kappa shape index (κ3) is 3.73. The van der Waals surface area contributed by atoms with Gasteiger partial charge in [0.2, 0.25) is 0 Å². The molecule has 2 aromatic heterocycles. The van der Waals surface area contributed by atoms with Crippen molar-refractivity contribution >= 4 is 74.9 Å². The van der Waals surface area contributed by atoms with Crippen LogP contribution in [0.1, 0.15) is 0 Å². The van der Waals surface area contributed by atoms with Gasteiger partial charge in [0.15, 0.2) is 0 Å². The van der Waals surface area contributed by atoms with E-state index in [1.54, 1.807) is 0 Å². The first kappa shape index (κ1) is 25.5. The quantitative estimate of drug-likeness (QED) is 0.184. The van der Waals surface area contributed by atoms with E-state index in [9.17, 15) is 0 Å². The first-order valence-electron chi connectivity index (χ1n) is 15.6. The largest absolute Gasteiger partial charge is 0.292 e. The number of nitrogens with zero attached hydrogens (tertiary/aromatic N) is 2. The van der Waals surface area contributed by atoms with Gasteiger partial charge >= 0.3 is 0 Å². The molecule has 0 radical (unpaired) electrons. The molecule has 0 saturated carbocycles. The van der Waals surface area contributed by atoms with Gasteiger partial charge in [0.1, 0.15) is 5.82 Å². The second-order valence-electron chi connectivity index (χ2n) is 12.0. The average molecular weight is 603 g/mol. The predicted molar refractivity (Wildman–Crippen MR) is 197 cm³/mol. The number of fused-ring (bicyclic) bond motifs is 10. The minimum absolute atomic E-state index is 0.944. The third-order valence-corrected chi connectivity index (χ3v) is 10.6. The summed E-state index contributed by atoms with van der Waals surface area (Å²) >= 11 is 1.87. The van der Waals surface area contributed by atoms with E-state index in [0.29, 0.717) is 0 Å². The van der Waals surface area contributed by atoms with Crippen LogP contribution in [0.2, 0.25) is 0 Å². The van der Waals surface area contributed by atoms with Crippen LogP contribution in [0.3, 0.4) is 0 Å². The van der Waals surface area contributed by atoms with Crippen LogP contribution < -0.4 is 0 Å². The van der Waals surface area contributed by atoms with E-state index >= 15 is 0 Å². The molecule has 46 heavy (non-hydrogen) atoms. The lowest BCUT2D eigenvalue weighted by atomic mass is 9.99. The summed E-state index contributed by atoms with van der Waals surface area (Å²) in [5, 5.41) is 9.90. The lowest BCUT2D eigenvalue weighted by molar-refractivity contribution is 1.11. The second-order valence-corrected chi connectivity index (χ2v) is 13.0. The van der Waals surface area contributed by atoms with Crippen LogP contribution in [0.5, 0.6) is 0 Å². The van der Waals surface area contributed by atoms with E-state index in [2.05, 4.69) is 162 Å². The fourth-order valence-electron chi connectivity index (χ4n) is 7.27. The number of thiophene rings is 1. The average Bonchev–Trinajstić information content (AvgIpc) is 3.72. The van der Waals surface area contributed by atoms with Crippen molar-refractivity contribution < 1.29 is 0 Å². The Labute approximate surface area is 269 Å². The van der Waals surface area contributed by atoms with Crippen LogP contribution in [0.25, 0.3) is 91.7 Å². The Hall–Kier alpha value is -5.77. The molecule has 0 N–H and O–H groups in total. The van der Waals surface area contributed by atoms with E-state index < -0.39 is 0 Å². The molecule has 2 nitrogen and oxygen atoms in total. The van der Waals surface area contributed by atoms with Gasteiger partial charge in [-0.2, -0.15) is 0 Å². The minimum atomic E-state index is 0.944. The van der Waals surface area contributed by atoms with Gasteiger partial charge in [-0.15, -0.1) is 11.3 Å². The summed E-state index contributed by atoms with van der Waals surface area (Å²) in [5.74, 6) is 0.944.